The van der Waals surface area contributed by atoms with E-state index in [0.717, 1.165) is 34.7 Å². The summed E-state index contributed by atoms with van der Waals surface area (Å²) in [5.74, 6) is 1.50. The van der Waals surface area contributed by atoms with Gasteiger partial charge in [0.05, 0.1) is 26.5 Å². The fourth-order valence-corrected chi connectivity index (χ4v) is 2.37. The smallest absolute Gasteiger partial charge is 0.239 e. The molecule has 0 spiro atoms. The topological polar surface area (TPSA) is 59.6 Å². The number of carbonyl (C=O) groups excluding carboxylic acids is 1. The molecule has 128 valence electrons. The average molecular weight is 328 g/mol. The van der Waals surface area contributed by atoms with E-state index in [2.05, 4.69) is 10.6 Å². The number of benzene rings is 2. The molecule has 0 saturated heterocycles. The Bertz CT molecular complexity index is 686. The van der Waals surface area contributed by atoms with Crippen molar-refractivity contribution in [3.63, 3.8) is 0 Å². The van der Waals surface area contributed by atoms with Gasteiger partial charge in [0.1, 0.15) is 11.5 Å². The van der Waals surface area contributed by atoms with Crippen molar-refractivity contribution in [1.29, 1.82) is 0 Å². The van der Waals surface area contributed by atoms with Gasteiger partial charge in [-0.3, -0.25) is 4.79 Å². The minimum Gasteiger partial charge on any atom is -0.497 e. The fraction of sp³-hybridized carbons (Fsp3) is 0.316. The van der Waals surface area contributed by atoms with Crippen LogP contribution >= 0.6 is 0 Å². The summed E-state index contributed by atoms with van der Waals surface area (Å²) < 4.78 is 10.5. The number of nitrogens with one attached hydrogen (secondary N) is 2. The summed E-state index contributed by atoms with van der Waals surface area (Å²) in [6, 6.07) is 13.7. The van der Waals surface area contributed by atoms with Crippen LogP contribution in [0.5, 0.6) is 11.5 Å². The van der Waals surface area contributed by atoms with Gasteiger partial charge >= 0.3 is 0 Å². The highest BCUT2D eigenvalue weighted by atomic mass is 16.5. The molecule has 24 heavy (non-hydrogen) atoms. The molecule has 0 fully saturated rings. The molecule has 0 aliphatic heterocycles. The van der Waals surface area contributed by atoms with E-state index >= 15 is 0 Å². The maximum atomic E-state index is 12.0. The maximum absolute atomic E-state index is 12.0. The van der Waals surface area contributed by atoms with Crippen molar-refractivity contribution in [3.05, 3.63) is 53.6 Å². The predicted octanol–water partition coefficient (Wildman–Crippen LogP) is 2.78. The van der Waals surface area contributed by atoms with Crippen LogP contribution in [0.1, 0.15) is 11.1 Å². The molecule has 5 heteroatoms. The lowest BCUT2D eigenvalue weighted by atomic mass is 10.1. The van der Waals surface area contributed by atoms with Crippen LogP contribution in [0.4, 0.5) is 5.69 Å². The van der Waals surface area contributed by atoms with Gasteiger partial charge in [-0.25, -0.2) is 0 Å². The van der Waals surface area contributed by atoms with Gasteiger partial charge in [0.2, 0.25) is 5.91 Å². The van der Waals surface area contributed by atoms with E-state index in [1.807, 2.05) is 49.4 Å². The van der Waals surface area contributed by atoms with E-state index < -0.39 is 0 Å². The summed E-state index contributed by atoms with van der Waals surface area (Å²) in [4.78, 5) is 12.0. The number of aryl methyl sites for hydroxylation is 1. The molecule has 0 aromatic heterocycles. The second kappa shape index (κ2) is 8.82. The van der Waals surface area contributed by atoms with Gasteiger partial charge in [0.25, 0.3) is 0 Å². The molecule has 0 aliphatic carbocycles. The number of rotatable bonds is 8. The SMILES string of the molecule is COc1cccc(CCNC(=O)CNc2cc(C)ccc2OC)c1. The predicted molar refractivity (Wildman–Crippen MR) is 95.9 cm³/mol. The quantitative estimate of drug-likeness (QED) is 0.782. The summed E-state index contributed by atoms with van der Waals surface area (Å²) >= 11 is 0. The lowest BCUT2D eigenvalue weighted by molar-refractivity contribution is -0.119. The molecule has 2 N–H and O–H groups in total. The first-order valence-corrected chi connectivity index (χ1v) is 7.90. The molecule has 2 aromatic carbocycles. The molecule has 2 rings (SSSR count). The monoisotopic (exact) mass is 328 g/mol. The molecule has 0 heterocycles. The van der Waals surface area contributed by atoms with E-state index in [9.17, 15) is 4.79 Å². The lowest BCUT2D eigenvalue weighted by Gasteiger charge is -2.12. The first-order chi connectivity index (χ1) is 11.6. The molecule has 0 saturated carbocycles. The first kappa shape index (κ1) is 17.7. The lowest BCUT2D eigenvalue weighted by Crippen LogP contribution is -2.31. The number of anilines is 1. The Kier molecular flexibility index (Phi) is 6.49. The van der Waals surface area contributed by atoms with Crippen molar-refractivity contribution < 1.29 is 14.3 Å². The number of hydrogen-bond acceptors (Lipinski definition) is 4. The Morgan fingerprint density at radius 1 is 1.08 bits per heavy atom. The number of methoxy groups -OCH3 is 2. The highest BCUT2D eigenvalue weighted by Crippen LogP contribution is 2.24. The number of carbonyl (C=O) groups is 1. The van der Waals surface area contributed by atoms with Crippen molar-refractivity contribution in [2.75, 3.05) is 32.6 Å². The number of amides is 1. The van der Waals surface area contributed by atoms with Gasteiger partial charge < -0.3 is 20.1 Å². The molecule has 0 atom stereocenters. The first-order valence-electron chi connectivity index (χ1n) is 7.90. The molecule has 2 aromatic rings. The summed E-state index contributed by atoms with van der Waals surface area (Å²) in [6.45, 7) is 2.79. The average Bonchev–Trinajstić information content (AvgIpc) is 2.60. The standard InChI is InChI=1S/C19H24N2O3/c1-14-7-8-18(24-3)17(11-14)21-13-19(22)20-10-9-15-5-4-6-16(12-15)23-2/h4-8,11-12,21H,9-10,13H2,1-3H3,(H,20,22). The molecular weight excluding hydrogens is 304 g/mol. The van der Waals surface area contributed by atoms with Gasteiger partial charge in [0, 0.05) is 6.54 Å². The van der Waals surface area contributed by atoms with E-state index in [-0.39, 0.29) is 12.5 Å². The number of hydrogen-bond donors (Lipinski definition) is 2. The molecule has 5 nitrogen and oxygen atoms in total. The molecular formula is C19H24N2O3. The maximum Gasteiger partial charge on any atom is 0.239 e. The summed E-state index contributed by atoms with van der Waals surface area (Å²) in [6.07, 6.45) is 0.761. The van der Waals surface area contributed by atoms with Gasteiger partial charge in [-0.15, -0.1) is 0 Å². The van der Waals surface area contributed by atoms with Gasteiger partial charge in [-0.2, -0.15) is 0 Å². The normalized spacial score (nSPS) is 10.1. The number of ether oxygens (including phenoxy) is 2. The Morgan fingerprint density at radius 3 is 2.67 bits per heavy atom. The third-order valence-corrected chi connectivity index (χ3v) is 3.66. The summed E-state index contributed by atoms with van der Waals surface area (Å²) in [5.41, 5.74) is 3.06. The van der Waals surface area contributed by atoms with Gasteiger partial charge in [-0.05, 0) is 48.7 Å². The van der Waals surface area contributed by atoms with Gasteiger partial charge in [0.15, 0.2) is 0 Å². The van der Waals surface area contributed by atoms with Crippen molar-refractivity contribution >= 4 is 11.6 Å². The van der Waals surface area contributed by atoms with Crippen LogP contribution in [0.2, 0.25) is 0 Å². The molecule has 1 amide bonds. The summed E-state index contributed by atoms with van der Waals surface area (Å²) in [7, 11) is 3.26. The Morgan fingerprint density at radius 2 is 1.92 bits per heavy atom. The van der Waals surface area contributed by atoms with E-state index in [1.165, 1.54) is 0 Å². The van der Waals surface area contributed by atoms with Crippen LogP contribution in [0.15, 0.2) is 42.5 Å². The van der Waals surface area contributed by atoms with Crippen molar-refractivity contribution in [2.24, 2.45) is 0 Å². The Hall–Kier alpha value is -2.69. The van der Waals surface area contributed by atoms with Crippen molar-refractivity contribution in [1.82, 2.24) is 5.32 Å². The summed E-state index contributed by atoms with van der Waals surface area (Å²) in [5, 5.41) is 6.02. The van der Waals surface area contributed by atoms with E-state index in [1.54, 1.807) is 14.2 Å². The molecule has 0 aliphatic rings. The zero-order valence-corrected chi connectivity index (χ0v) is 14.4. The van der Waals surface area contributed by atoms with Crippen molar-refractivity contribution in [3.8, 4) is 11.5 Å². The molecule has 0 bridgehead atoms. The minimum absolute atomic E-state index is 0.0542. The van der Waals surface area contributed by atoms with Crippen LogP contribution in [0, 0.1) is 6.92 Å². The Balaban J connectivity index is 1.78. The van der Waals surface area contributed by atoms with Crippen LogP contribution in [-0.2, 0) is 11.2 Å². The third-order valence-electron chi connectivity index (χ3n) is 3.66. The van der Waals surface area contributed by atoms with E-state index in [0.29, 0.717) is 6.54 Å². The van der Waals surface area contributed by atoms with Crippen molar-refractivity contribution in [2.45, 2.75) is 13.3 Å². The highest BCUT2D eigenvalue weighted by molar-refractivity contribution is 5.81. The third kappa shape index (κ3) is 5.19. The zero-order valence-electron chi connectivity index (χ0n) is 14.4. The second-order valence-corrected chi connectivity index (χ2v) is 5.51. The highest BCUT2D eigenvalue weighted by Gasteiger charge is 2.06. The molecule has 0 radical (unpaired) electrons. The van der Waals surface area contributed by atoms with Crippen LogP contribution in [0.3, 0.4) is 0 Å². The zero-order chi connectivity index (χ0) is 17.4. The van der Waals surface area contributed by atoms with Crippen LogP contribution in [-0.4, -0.2) is 33.2 Å². The molecule has 0 unspecified atom stereocenters. The Labute approximate surface area is 143 Å². The van der Waals surface area contributed by atoms with E-state index in [4.69, 9.17) is 9.47 Å². The van der Waals surface area contributed by atoms with Crippen LogP contribution < -0.4 is 20.1 Å². The van der Waals surface area contributed by atoms with Crippen LogP contribution in [0.25, 0.3) is 0 Å². The fourth-order valence-electron chi connectivity index (χ4n) is 2.37. The second-order valence-electron chi connectivity index (χ2n) is 5.51. The minimum atomic E-state index is -0.0542. The van der Waals surface area contributed by atoms with Gasteiger partial charge in [-0.1, -0.05) is 18.2 Å². The largest absolute Gasteiger partial charge is 0.497 e.